The van der Waals surface area contributed by atoms with Crippen molar-refractivity contribution >= 4 is 23.9 Å². The monoisotopic (exact) mass is 373 g/mol. The maximum Gasteiger partial charge on any atom is 0.348 e. The van der Waals surface area contributed by atoms with Crippen molar-refractivity contribution in [2.24, 2.45) is 0 Å². The Kier molecular flexibility index (Phi) is 5.48. The predicted molar refractivity (Wildman–Crippen MR) is 96.6 cm³/mol. The van der Waals surface area contributed by atoms with E-state index in [2.05, 4.69) is 0 Å². The van der Waals surface area contributed by atoms with Crippen LogP contribution in [0.4, 0.5) is 0 Å². The van der Waals surface area contributed by atoms with Gasteiger partial charge in [-0.15, -0.1) is 0 Å². The molecule has 0 unspecified atom stereocenters. The van der Waals surface area contributed by atoms with Gasteiger partial charge in [0.1, 0.15) is 11.3 Å². The van der Waals surface area contributed by atoms with Crippen LogP contribution in [0, 0.1) is 0 Å². The fraction of sp³-hybridized carbons (Fsp3) is 0.450. The summed E-state index contributed by atoms with van der Waals surface area (Å²) in [5.74, 6) is -2.47. The van der Waals surface area contributed by atoms with E-state index in [1.807, 2.05) is 0 Å². The van der Waals surface area contributed by atoms with Crippen molar-refractivity contribution in [1.29, 1.82) is 0 Å². The highest BCUT2D eigenvalue weighted by atomic mass is 16.7. The first kappa shape index (κ1) is 18.9. The molecule has 0 bridgehead atoms. The normalized spacial score (nSPS) is 19.2. The summed E-state index contributed by atoms with van der Waals surface area (Å²) in [5.41, 5.74) is 0.278. The lowest BCUT2D eigenvalue weighted by Gasteiger charge is -2.29. The number of nitrogens with zero attached hydrogens (tertiary/aromatic N) is 1. The number of cyclic esters (lactones) is 2. The quantitative estimate of drug-likeness (QED) is 0.458. The molecule has 0 aliphatic carbocycles. The second kappa shape index (κ2) is 7.82. The van der Waals surface area contributed by atoms with Crippen molar-refractivity contribution in [2.75, 3.05) is 19.7 Å². The highest BCUT2D eigenvalue weighted by Gasteiger charge is 2.39. The van der Waals surface area contributed by atoms with Crippen LogP contribution in [-0.2, 0) is 23.9 Å². The van der Waals surface area contributed by atoms with Gasteiger partial charge in [-0.2, -0.15) is 0 Å². The molecule has 2 saturated heterocycles. The number of piperidine rings is 1. The van der Waals surface area contributed by atoms with E-state index in [4.69, 9.17) is 14.2 Å². The number of rotatable bonds is 4. The number of carbonyl (C=O) groups is 3. The third-order valence-electron chi connectivity index (χ3n) is 4.40. The Balaban J connectivity index is 1.73. The molecule has 1 aromatic rings. The van der Waals surface area contributed by atoms with Crippen LogP contribution in [0.3, 0.4) is 0 Å². The average Bonchev–Trinajstić information content (AvgIpc) is 2.63. The Labute approximate surface area is 157 Å². The Morgan fingerprint density at radius 3 is 2.41 bits per heavy atom. The molecule has 7 nitrogen and oxygen atoms in total. The van der Waals surface area contributed by atoms with Crippen molar-refractivity contribution in [1.82, 2.24) is 4.90 Å². The molecule has 1 amide bonds. The molecular formula is C20H23NO6. The SMILES string of the molecule is CC1(C)OC(=O)C(=Cc2ccccc2OCC(=O)N2CCCCC2)C(=O)O1. The molecule has 2 heterocycles. The molecule has 144 valence electrons. The lowest BCUT2D eigenvalue weighted by Crippen LogP contribution is -2.41. The highest BCUT2D eigenvalue weighted by Crippen LogP contribution is 2.27. The maximum atomic E-state index is 12.3. The maximum absolute atomic E-state index is 12.3. The lowest BCUT2D eigenvalue weighted by molar-refractivity contribution is -0.222. The van der Waals surface area contributed by atoms with Crippen LogP contribution >= 0.6 is 0 Å². The molecule has 0 radical (unpaired) electrons. The predicted octanol–water partition coefficient (Wildman–Crippen LogP) is 2.30. The van der Waals surface area contributed by atoms with Gasteiger partial charge < -0.3 is 19.1 Å². The van der Waals surface area contributed by atoms with Crippen LogP contribution in [0.1, 0.15) is 38.7 Å². The average molecular weight is 373 g/mol. The summed E-state index contributed by atoms with van der Waals surface area (Å²) < 4.78 is 15.9. The molecule has 0 atom stereocenters. The fourth-order valence-electron chi connectivity index (χ4n) is 3.04. The van der Waals surface area contributed by atoms with Gasteiger partial charge in [-0.3, -0.25) is 4.79 Å². The molecule has 3 rings (SSSR count). The molecule has 2 aliphatic rings. The van der Waals surface area contributed by atoms with Crippen molar-refractivity contribution < 1.29 is 28.6 Å². The van der Waals surface area contributed by atoms with Crippen molar-refractivity contribution in [3.05, 3.63) is 35.4 Å². The summed E-state index contributed by atoms with van der Waals surface area (Å²) in [5, 5.41) is 0. The van der Waals surface area contributed by atoms with E-state index in [1.165, 1.54) is 19.9 Å². The van der Waals surface area contributed by atoms with E-state index in [-0.39, 0.29) is 18.1 Å². The largest absolute Gasteiger partial charge is 0.483 e. The van der Waals surface area contributed by atoms with Gasteiger partial charge >= 0.3 is 11.9 Å². The van der Waals surface area contributed by atoms with Crippen LogP contribution in [0.2, 0.25) is 0 Å². The topological polar surface area (TPSA) is 82.1 Å². The van der Waals surface area contributed by atoms with Crippen LogP contribution < -0.4 is 4.74 Å². The summed E-state index contributed by atoms with van der Waals surface area (Å²) >= 11 is 0. The number of esters is 2. The molecule has 0 N–H and O–H groups in total. The third-order valence-corrected chi connectivity index (χ3v) is 4.40. The Hall–Kier alpha value is -2.83. The third kappa shape index (κ3) is 4.67. The molecule has 0 spiro atoms. The number of hydrogen-bond acceptors (Lipinski definition) is 6. The fourth-order valence-corrected chi connectivity index (χ4v) is 3.04. The number of amides is 1. The summed E-state index contributed by atoms with van der Waals surface area (Å²) in [6.45, 7) is 4.39. The highest BCUT2D eigenvalue weighted by molar-refractivity contribution is 6.19. The molecule has 0 aromatic heterocycles. The summed E-state index contributed by atoms with van der Waals surface area (Å²) in [7, 11) is 0. The number of para-hydroxylation sites is 1. The van der Waals surface area contributed by atoms with E-state index < -0.39 is 17.7 Å². The van der Waals surface area contributed by atoms with E-state index in [0.717, 1.165) is 32.4 Å². The minimum absolute atomic E-state index is 0.0737. The standard InChI is InChI=1S/C20H23NO6/c1-20(2)26-18(23)15(19(24)27-20)12-14-8-4-5-9-16(14)25-13-17(22)21-10-6-3-7-11-21/h4-5,8-9,12H,3,6-7,10-11,13H2,1-2H3. The van der Waals surface area contributed by atoms with Gasteiger partial charge in [0.15, 0.2) is 6.61 Å². The molecule has 1 aromatic carbocycles. The zero-order valence-corrected chi connectivity index (χ0v) is 15.5. The van der Waals surface area contributed by atoms with Crippen LogP contribution in [0.15, 0.2) is 29.8 Å². The van der Waals surface area contributed by atoms with E-state index in [0.29, 0.717) is 11.3 Å². The first-order chi connectivity index (χ1) is 12.9. The first-order valence-corrected chi connectivity index (χ1v) is 9.04. The molecule has 7 heteroatoms. The molecule has 2 aliphatic heterocycles. The zero-order chi connectivity index (χ0) is 19.4. The van der Waals surface area contributed by atoms with Gasteiger partial charge in [-0.1, -0.05) is 18.2 Å². The van der Waals surface area contributed by atoms with Gasteiger partial charge in [0, 0.05) is 32.5 Å². The molecular weight excluding hydrogens is 350 g/mol. The molecule has 2 fully saturated rings. The second-order valence-electron chi connectivity index (χ2n) is 7.00. The number of benzene rings is 1. The molecule has 0 saturated carbocycles. The van der Waals surface area contributed by atoms with Gasteiger partial charge in [-0.05, 0) is 31.4 Å². The number of hydrogen-bond donors (Lipinski definition) is 0. The Morgan fingerprint density at radius 2 is 1.74 bits per heavy atom. The summed E-state index contributed by atoms with van der Waals surface area (Å²) in [6.07, 6.45) is 4.52. The minimum atomic E-state index is -1.29. The van der Waals surface area contributed by atoms with Gasteiger partial charge in [0.05, 0.1) is 0 Å². The van der Waals surface area contributed by atoms with Crippen molar-refractivity contribution in [3.63, 3.8) is 0 Å². The van der Waals surface area contributed by atoms with Crippen LogP contribution in [-0.4, -0.2) is 48.2 Å². The van der Waals surface area contributed by atoms with Crippen molar-refractivity contribution in [2.45, 2.75) is 38.9 Å². The van der Waals surface area contributed by atoms with Gasteiger partial charge in [-0.25, -0.2) is 9.59 Å². The minimum Gasteiger partial charge on any atom is -0.483 e. The summed E-state index contributed by atoms with van der Waals surface area (Å²) in [4.78, 5) is 38.3. The Bertz CT molecular complexity index is 754. The first-order valence-electron chi connectivity index (χ1n) is 9.04. The smallest absolute Gasteiger partial charge is 0.348 e. The van der Waals surface area contributed by atoms with Gasteiger partial charge in [0.2, 0.25) is 0 Å². The number of carbonyl (C=O) groups excluding carboxylic acids is 3. The number of ether oxygens (including phenoxy) is 3. The summed E-state index contributed by atoms with van der Waals surface area (Å²) in [6, 6.07) is 6.87. The van der Waals surface area contributed by atoms with Crippen LogP contribution in [0.25, 0.3) is 6.08 Å². The van der Waals surface area contributed by atoms with Gasteiger partial charge in [0.25, 0.3) is 11.7 Å². The zero-order valence-electron chi connectivity index (χ0n) is 15.5. The van der Waals surface area contributed by atoms with Crippen molar-refractivity contribution in [3.8, 4) is 5.75 Å². The van der Waals surface area contributed by atoms with E-state index in [1.54, 1.807) is 29.2 Å². The molecule has 27 heavy (non-hydrogen) atoms. The van der Waals surface area contributed by atoms with E-state index >= 15 is 0 Å². The Morgan fingerprint density at radius 1 is 1.11 bits per heavy atom. The lowest BCUT2D eigenvalue weighted by atomic mass is 10.1. The number of likely N-dealkylation sites (tertiary alicyclic amines) is 1. The van der Waals surface area contributed by atoms with Crippen LogP contribution in [0.5, 0.6) is 5.75 Å². The van der Waals surface area contributed by atoms with E-state index in [9.17, 15) is 14.4 Å². The second-order valence-corrected chi connectivity index (χ2v) is 7.00.